The minimum atomic E-state index is -0.455. The van der Waals surface area contributed by atoms with Gasteiger partial charge in [0.05, 0.1) is 11.5 Å². The summed E-state index contributed by atoms with van der Waals surface area (Å²) in [7, 11) is 0. The van der Waals surface area contributed by atoms with Crippen LogP contribution in [0.25, 0.3) is 0 Å². The Labute approximate surface area is 186 Å². The van der Waals surface area contributed by atoms with Crippen LogP contribution in [0.15, 0.2) is 59.1 Å². The average molecular weight is 455 g/mol. The normalized spacial score (nSPS) is 14.8. The predicted molar refractivity (Wildman–Crippen MR) is 127 cm³/mol. The molecule has 0 aliphatic rings. The topological polar surface area (TPSA) is 27.0 Å². The van der Waals surface area contributed by atoms with E-state index in [0.717, 1.165) is 35.8 Å². The van der Waals surface area contributed by atoms with Crippen LogP contribution in [0.2, 0.25) is 0 Å². The fourth-order valence-corrected chi connectivity index (χ4v) is 4.55. The van der Waals surface area contributed by atoms with Gasteiger partial charge in [-0.2, -0.15) is 5.26 Å². The minimum Gasteiger partial charge on any atom is -0.294 e. The molecule has 2 nitrogen and oxygen atoms in total. The third-order valence-electron chi connectivity index (χ3n) is 6.23. The van der Waals surface area contributed by atoms with E-state index in [-0.39, 0.29) is 5.92 Å². The highest BCUT2D eigenvalue weighted by molar-refractivity contribution is 9.10. The summed E-state index contributed by atoms with van der Waals surface area (Å²) in [5, 5.41) is 10.3. The van der Waals surface area contributed by atoms with Crippen molar-refractivity contribution in [2.24, 2.45) is 5.92 Å². The number of halogens is 1. The maximum absolute atomic E-state index is 10.3. The number of nitriles is 1. The van der Waals surface area contributed by atoms with E-state index in [2.05, 4.69) is 116 Å². The predicted octanol–water partition coefficient (Wildman–Crippen LogP) is 7.34. The first kappa shape index (κ1) is 23.6. The molecule has 0 spiro atoms. The van der Waals surface area contributed by atoms with Crippen LogP contribution >= 0.6 is 15.9 Å². The van der Waals surface area contributed by atoms with Gasteiger partial charge in [0, 0.05) is 23.1 Å². The van der Waals surface area contributed by atoms with Crippen molar-refractivity contribution in [3.63, 3.8) is 0 Å². The Kier molecular flexibility index (Phi) is 8.93. The van der Waals surface area contributed by atoms with E-state index in [1.807, 2.05) is 0 Å². The first-order valence-electron chi connectivity index (χ1n) is 10.8. The van der Waals surface area contributed by atoms with Crippen molar-refractivity contribution in [3.05, 3.63) is 70.2 Å². The van der Waals surface area contributed by atoms with Crippen molar-refractivity contribution < 1.29 is 0 Å². The van der Waals surface area contributed by atoms with Gasteiger partial charge in [-0.1, -0.05) is 79.2 Å². The summed E-state index contributed by atoms with van der Waals surface area (Å²) in [5.41, 5.74) is 2.03. The van der Waals surface area contributed by atoms with E-state index < -0.39 is 5.41 Å². The number of hydrogen-bond acceptors (Lipinski definition) is 2. The highest BCUT2D eigenvalue weighted by Crippen LogP contribution is 2.38. The summed E-state index contributed by atoms with van der Waals surface area (Å²) < 4.78 is 1.05. The second-order valence-electron chi connectivity index (χ2n) is 8.60. The molecule has 2 unspecified atom stereocenters. The Morgan fingerprint density at radius 1 is 1.00 bits per heavy atom. The first-order valence-corrected chi connectivity index (χ1v) is 11.6. The van der Waals surface area contributed by atoms with E-state index in [1.165, 1.54) is 5.56 Å². The van der Waals surface area contributed by atoms with Crippen LogP contribution in [0.5, 0.6) is 0 Å². The number of nitrogens with zero attached hydrogens (tertiary/aromatic N) is 2. The Hall–Kier alpha value is -1.63. The van der Waals surface area contributed by atoms with Gasteiger partial charge in [-0.15, -0.1) is 0 Å². The van der Waals surface area contributed by atoms with Crippen LogP contribution in [0, 0.1) is 17.2 Å². The number of hydrogen-bond donors (Lipinski definition) is 0. The molecular formula is C26H35BrN2. The van der Waals surface area contributed by atoms with Crippen molar-refractivity contribution in [1.82, 2.24) is 4.90 Å². The summed E-state index contributed by atoms with van der Waals surface area (Å²) in [5.74, 6) is 0.257. The molecule has 0 radical (unpaired) electrons. The van der Waals surface area contributed by atoms with Crippen molar-refractivity contribution in [3.8, 4) is 6.07 Å². The van der Waals surface area contributed by atoms with Gasteiger partial charge in [-0.05, 0) is 62.3 Å². The molecule has 3 heteroatoms. The summed E-state index contributed by atoms with van der Waals surface area (Å²) in [6, 6.07) is 22.7. The molecule has 29 heavy (non-hydrogen) atoms. The first-order chi connectivity index (χ1) is 13.8. The quantitative estimate of drug-likeness (QED) is 0.375. The fraction of sp³-hybridized carbons (Fsp3) is 0.500. The maximum Gasteiger partial charge on any atom is 0.0845 e. The van der Waals surface area contributed by atoms with Gasteiger partial charge >= 0.3 is 0 Å². The molecule has 0 bridgehead atoms. The van der Waals surface area contributed by atoms with Gasteiger partial charge in [-0.3, -0.25) is 4.90 Å². The zero-order valence-corrected chi connectivity index (χ0v) is 20.1. The molecule has 0 aliphatic heterocycles. The minimum absolute atomic E-state index is 0.257. The largest absolute Gasteiger partial charge is 0.294 e. The molecule has 2 aromatic rings. The van der Waals surface area contributed by atoms with Gasteiger partial charge in [0.15, 0.2) is 0 Å². The van der Waals surface area contributed by atoms with E-state index >= 15 is 0 Å². The van der Waals surface area contributed by atoms with Crippen molar-refractivity contribution in [2.45, 2.75) is 77.9 Å². The van der Waals surface area contributed by atoms with Crippen molar-refractivity contribution in [2.75, 3.05) is 0 Å². The summed E-state index contributed by atoms with van der Waals surface area (Å²) >= 11 is 3.52. The van der Waals surface area contributed by atoms with E-state index in [1.54, 1.807) is 0 Å². The average Bonchev–Trinajstić information content (AvgIpc) is 2.71. The van der Waals surface area contributed by atoms with Crippen LogP contribution in [-0.4, -0.2) is 17.0 Å². The smallest absolute Gasteiger partial charge is 0.0845 e. The summed E-state index contributed by atoms with van der Waals surface area (Å²) in [4.78, 5) is 2.60. The summed E-state index contributed by atoms with van der Waals surface area (Å²) in [6.45, 7) is 12.1. The lowest BCUT2D eigenvalue weighted by Gasteiger charge is -2.38. The molecule has 0 heterocycles. The summed E-state index contributed by atoms with van der Waals surface area (Å²) in [6.07, 6.45) is 2.98. The number of benzene rings is 2. The molecule has 0 aromatic heterocycles. The van der Waals surface area contributed by atoms with E-state index in [0.29, 0.717) is 12.1 Å². The molecule has 156 valence electrons. The Balaban J connectivity index is 2.24. The van der Waals surface area contributed by atoms with Gasteiger partial charge < -0.3 is 0 Å². The Morgan fingerprint density at radius 3 is 2.10 bits per heavy atom. The lowest BCUT2D eigenvalue weighted by molar-refractivity contribution is 0.123. The van der Waals surface area contributed by atoms with Gasteiger partial charge in [0.1, 0.15) is 0 Å². The fourth-order valence-electron chi connectivity index (χ4n) is 4.29. The Morgan fingerprint density at radius 2 is 1.62 bits per heavy atom. The van der Waals surface area contributed by atoms with Crippen LogP contribution in [-0.2, 0) is 12.0 Å². The molecule has 2 rings (SSSR count). The highest BCUT2D eigenvalue weighted by Gasteiger charge is 2.37. The van der Waals surface area contributed by atoms with Crippen LogP contribution in [0.4, 0.5) is 0 Å². The van der Waals surface area contributed by atoms with Gasteiger partial charge in [0.2, 0.25) is 0 Å². The van der Waals surface area contributed by atoms with Gasteiger partial charge in [-0.25, -0.2) is 0 Å². The van der Waals surface area contributed by atoms with Crippen LogP contribution in [0.1, 0.15) is 65.0 Å². The molecule has 0 fully saturated rings. The maximum atomic E-state index is 10.3. The van der Waals surface area contributed by atoms with Crippen molar-refractivity contribution >= 4 is 15.9 Å². The van der Waals surface area contributed by atoms with Crippen molar-refractivity contribution in [1.29, 1.82) is 5.26 Å². The molecule has 0 saturated heterocycles. The second-order valence-corrected chi connectivity index (χ2v) is 9.51. The molecule has 0 saturated carbocycles. The molecule has 0 aliphatic carbocycles. The van der Waals surface area contributed by atoms with Gasteiger partial charge in [0.25, 0.3) is 0 Å². The highest BCUT2D eigenvalue weighted by atomic mass is 79.9. The lowest BCUT2D eigenvalue weighted by Crippen LogP contribution is -2.41. The molecule has 2 atom stereocenters. The third-order valence-corrected chi connectivity index (χ3v) is 6.76. The van der Waals surface area contributed by atoms with Crippen LogP contribution < -0.4 is 0 Å². The van der Waals surface area contributed by atoms with E-state index in [9.17, 15) is 5.26 Å². The standard InChI is InChI=1S/C26H35BrN2/c1-6-25(29(21(4)5)18-22-10-8-7-9-11-22)16-17-26(19-28,20(2)3)23-12-14-24(27)15-13-23/h7-15,20-21,25H,6,16-18H2,1-5H3. The molecule has 2 aromatic carbocycles. The van der Waals surface area contributed by atoms with E-state index in [4.69, 9.17) is 0 Å². The lowest BCUT2D eigenvalue weighted by atomic mass is 9.69. The van der Waals surface area contributed by atoms with Crippen LogP contribution in [0.3, 0.4) is 0 Å². The molecule has 0 amide bonds. The number of rotatable bonds is 10. The zero-order valence-electron chi connectivity index (χ0n) is 18.5. The monoisotopic (exact) mass is 454 g/mol. The zero-order chi connectivity index (χ0) is 21.4. The molecular weight excluding hydrogens is 420 g/mol. The second kappa shape index (κ2) is 11.0. The molecule has 0 N–H and O–H groups in total. The SMILES string of the molecule is CCC(CCC(C#N)(c1ccc(Br)cc1)C(C)C)N(Cc1ccccc1)C(C)C. The third kappa shape index (κ3) is 5.93. The Bertz CT molecular complexity index is 777.